The van der Waals surface area contributed by atoms with Gasteiger partial charge in [0.2, 0.25) is 5.91 Å². The lowest BCUT2D eigenvalue weighted by Gasteiger charge is -2.13. The highest BCUT2D eigenvalue weighted by Gasteiger charge is 2.10. The molecule has 2 aromatic carbocycles. The Kier molecular flexibility index (Phi) is 6.65. The van der Waals surface area contributed by atoms with Crippen LogP contribution in [0.1, 0.15) is 40.9 Å². The molecule has 2 rings (SSSR count). The van der Waals surface area contributed by atoms with Crippen molar-refractivity contribution in [2.75, 3.05) is 5.32 Å². The number of benzene rings is 2. The number of nitrogens with one attached hydrogen (secondary N) is 1. The first-order chi connectivity index (χ1) is 11.9. The highest BCUT2D eigenvalue weighted by atomic mass is 32.2. The molecule has 0 bridgehead atoms. The van der Waals surface area contributed by atoms with Gasteiger partial charge in [-0.15, -0.1) is 0 Å². The summed E-state index contributed by atoms with van der Waals surface area (Å²) in [5.74, 6) is -0.160. The number of carboxylic acid groups (broad SMARTS) is 1. The zero-order valence-corrected chi connectivity index (χ0v) is 15.5. The van der Waals surface area contributed by atoms with Gasteiger partial charge < -0.3 is 10.4 Å². The molecule has 0 unspecified atom stereocenters. The molecular formula is C20H23NO3S. The van der Waals surface area contributed by atoms with Crippen molar-refractivity contribution in [2.24, 2.45) is 0 Å². The Labute approximate surface area is 152 Å². The number of carbonyl (C=O) groups excluding carboxylic acids is 1. The number of carboxylic acids is 1. The Morgan fingerprint density at radius 2 is 1.80 bits per heavy atom. The molecule has 0 atom stereocenters. The smallest absolute Gasteiger partial charge is 0.335 e. The molecule has 0 saturated carbocycles. The first kappa shape index (κ1) is 19.1. The molecule has 0 radical (unpaired) electrons. The number of hydrogen-bond acceptors (Lipinski definition) is 3. The standard InChI is InChI=1S/C20H23NO3S/c1-13(2)25-12-17-5-4-6-18(14(17)3)21-19(22)11-15-7-9-16(10-8-15)20(23)24/h4-10,13H,11-12H2,1-3H3,(H,21,22)(H,23,24). The predicted molar refractivity (Wildman–Crippen MR) is 103 cm³/mol. The molecule has 0 aliphatic heterocycles. The molecule has 1 amide bonds. The van der Waals surface area contributed by atoms with E-state index in [1.54, 1.807) is 12.1 Å². The molecule has 5 heteroatoms. The molecule has 0 aromatic heterocycles. The van der Waals surface area contributed by atoms with Crippen LogP contribution in [0.15, 0.2) is 42.5 Å². The molecule has 0 heterocycles. The van der Waals surface area contributed by atoms with E-state index in [0.717, 1.165) is 22.6 Å². The largest absolute Gasteiger partial charge is 0.478 e. The number of amides is 1. The van der Waals surface area contributed by atoms with Crippen LogP contribution in [0.3, 0.4) is 0 Å². The second-order valence-corrected chi connectivity index (χ2v) is 7.74. The van der Waals surface area contributed by atoms with Crippen LogP contribution < -0.4 is 5.32 Å². The molecular weight excluding hydrogens is 334 g/mol. The predicted octanol–water partition coefficient (Wildman–Crippen LogP) is 4.52. The van der Waals surface area contributed by atoms with Gasteiger partial charge in [-0.2, -0.15) is 11.8 Å². The summed E-state index contributed by atoms with van der Waals surface area (Å²) in [5.41, 5.74) is 4.14. The Balaban J connectivity index is 2.02. The van der Waals surface area contributed by atoms with Crippen LogP contribution in [-0.4, -0.2) is 22.2 Å². The zero-order chi connectivity index (χ0) is 18.4. The van der Waals surface area contributed by atoms with Crippen LogP contribution in [0.5, 0.6) is 0 Å². The molecule has 0 fully saturated rings. The van der Waals surface area contributed by atoms with Crippen molar-refractivity contribution in [3.8, 4) is 0 Å². The first-order valence-corrected chi connectivity index (χ1v) is 9.24. The zero-order valence-electron chi connectivity index (χ0n) is 14.7. The van der Waals surface area contributed by atoms with Crippen molar-refractivity contribution >= 4 is 29.3 Å². The summed E-state index contributed by atoms with van der Waals surface area (Å²) in [6.45, 7) is 6.36. The summed E-state index contributed by atoms with van der Waals surface area (Å²) >= 11 is 1.87. The minimum Gasteiger partial charge on any atom is -0.478 e. The molecule has 0 saturated heterocycles. The Morgan fingerprint density at radius 3 is 2.40 bits per heavy atom. The Bertz CT molecular complexity index is 754. The minimum atomic E-state index is -0.970. The molecule has 25 heavy (non-hydrogen) atoms. The van der Waals surface area contributed by atoms with Crippen LogP contribution in [0.25, 0.3) is 0 Å². The quantitative estimate of drug-likeness (QED) is 0.765. The minimum absolute atomic E-state index is 0.111. The number of rotatable bonds is 7. The number of hydrogen-bond donors (Lipinski definition) is 2. The molecule has 0 aliphatic carbocycles. The van der Waals surface area contributed by atoms with Crippen molar-refractivity contribution < 1.29 is 14.7 Å². The summed E-state index contributed by atoms with van der Waals surface area (Å²) < 4.78 is 0. The number of aromatic carboxylic acids is 1. The summed E-state index contributed by atoms with van der Waals surface area (Å²) in [5, 5.41) is 12.4. The van der Waals surface area contributed by atoms with E-state index in [1.165, 1.54) is 17.7 Å². The van der Waals surface area contributed by atoms with Gasteiger partial charge in [0, 0.05) is 11.4 Å². The Hall–Kier alpha value is -2.27. The lowest BCUT2D eigenvalue weighted by molar-refractivity contribution is -0.115. The summed E-state index contributed by atoms with van der Waals surface area (Å²) in [6, 6.07) is 12.3. The fraction of sp³-hybridized carbons (Fsp3) is 0.300. The third-order valence-corrected chi connectivity index (χ3v) is 5.00. The average molecular weight is 357 g/mol. The van der Waals surface area contributed by atoms with E-state index in [9.17, 15) is 9.59 Å². The van der Waals surface area contributed by atoms with Gasteiger partial charge in [0.25, 0.3) is 0 Å². The molecule has 0 aliphatic rings. The van der Waals surface area contributed by atoms with Gasteiger partial charge in [0.1, 0.15) is 0 Å². The van der Waals surface area contributed by atoms with E-state index >= 15 is 0 Å². The monoisotopic (exact) mass is 357 g/mol. The van der Waals surface area contributed by atoms with Gasteiger partial charge in [-0.05, 0) is 47.1 Å². The fourth-order valence-electron chi connectivity index (χ4n) is 2.38. The van der Waals surface area contributed by atoms with Crippen LogP contribution in [-0.2, 0) is 17.0 Å². The average Bonchev–Trinajstić information content (AvgIpc) is 2.56. The third-order valence-electron chi connectivity index (χ3n) is 3.86. The van der Waals surface area contributed by atoms with Gasteiger partial charge in [0.05, 0.1) is 12.0 Å². The normalized spacial score (nSPS) is 10.7. The number of anilines is 1. The maximum atomic E-state index is 12.3. The topological polar surface area (TPSA) is 66.4 Å². The van der Waals surface area contributed by atoms with Gasteiger partial charge in [-0.25, -0.2) is 4.79 Å². The first-order valence-electron chi connectivity index (χ1n) is 8.19. The summed E-state index contributed by atoms with van der Waals surface area (Å²) in [7, 11) is 0. The van der Waals surface area contributed by atoms with Crippen LogP contribution in [0, 0.1) is 6.92 Å². The highest BCUT2D eigenvalue weighted by molar-refractivity contribution is 7.99. The lowest BCUT2D eigenvalue weighted by Crippen LogP contribution is -2.15. The third kappa shape index (κ3) is 5.64. The molecule has 2 aromatic rings. The lowest BCUT2D eigenvalue weighted by atomic mass is 10.1. The van der Waals surface area contributed by atoms with Crippen LogP contribution >= 0.6 is 11.8 Å². The maximum absolute atomic E-state index is 12.3. The fourth-order valence-corrected chi connectivity index (χ4v) is 3.20. The van der Waals surface area contributed by atoms with E-state index < -0.39 is 5.97 Å². The van der Waals surface area contributed by atoms with Crippen molar-refractivity contribution in [3.05, 3.63) is 64.7 Å². The van der Waals surface area contributed by atoms with Gasteiger partial charge >= 0.3 is 5.97 Å². The van der Waals surface area contributed by atoms with E-state index in [-0.39, 0.29) is 17.9 Å². The van der Waals surface area contributed by atoms with Gasteiger partial charge in [-0.1, -0.05) is 38.1 Å². The SMILES string of the molecule is Cc1c(CSC(C)C)cccc1NC(=O)Cc1ccc(C(=O)O)cc1. The maximum Gasteiger partial charge on any atom is 0.335 e. The van der Waals surface area contributed by atoms with Crippen molar-refractivity contribution in [3.63, 3.8) is 0 Å². The van der Waals surface area contributed by atoms with Crippen molar-refractivity contribution in [1.29, 1.82) is 0 Å². The highest BCUT2D eigenvalue weighted by Crippen LogP contribution is 2.25. The second-order valence-electron chi connectivity index (χ2n) is 6.18. The molecule has 0 spiro atoms. The molecule has 132 valence electrons. The van der Waals surface area contributed by atoms with E-state index in [4.69, 9.17) is 5.11 Å². The van der Waals surface area contributed by atoms with Gasteiger partial charge in [0.15, 0.2) is 0 Å². The number of thioether (sulfide) groups is 1. The van der Waals surface area contributed by atoms with Crippen LogP contribution in [0.4, 0.5) is 5.69 Å². The van der Waals surface area contributed by atoms with E-state index in [2.05, 4.69) is 25.2 Å². The van der Waals surface area contributed by atoms with Crippen molar-refractivity contribution in [1.82, 2.24) is 0 Å². The van der Waals surface area contributed by atoms with E-state index in [0.29, 0.717) is 5.25 Å². The summed E-state index contributed by atoms with van der Waals surface area (Å²) in [4.78, 5) is 23.2. The molecule has 4 nitrogen and oxygen atoms in total. The number of carbonyl (C=O) groups is 2. The van der Waals surface area contributed by atoms with Crippen LogP contribution in [0.2, 0.25) is 0 Å². The van der Waals surface area contributed by atoms with Gasteiger partial charge in [-0.3, -0.25) is 4.79 Å². The molecule has 2 N–H and O–H groups in total. The summed E-state index contributed by atoms with van der Waals surface area (Å²) in [6.07, 6.45) is 0.213. The Morgan fingerprint density at radius 1 is 1.12 bits per heavy atom. The second kappa shape index (κ2) is 8.72. The van der Waals surface area contributed by atoms with Crippen molar-refractivity contribution in [2.45, 2.75) is 38.2 Å². The van der Waals surface area contributed by atoms with E-state index in [1.807, 2.05) is 30.8 Å².